The second kappa shape index (κ2) is 5.97. The normalized spacial score (nSPS) is 13.1. The third-order valence-corrected chi connectivity index (χ3v) is 3.58. The molecule has 0 spiro atoms. The molecule has 1 atom stereocenters. The Labute approximate surface area is 107 Å². The van der Waals surface area contributed by atoms with E-state index in [1.54, 1.807) is 12.1 Å². The Morgan fingerprint density at radius 3 is 2.67 bits per heavy atom. The number of anilines is 1. The van der Waals surface area contributed by atoms with Gasteiger partial charge in [0.2, 0.25) is 5.91 Å². The Bertz CT molecular complexity index is 526. The fraction of sp³-hybridized carbons (Fsp3) is 0.417. The van der Waals surface area contributed by atoms with Gasteiger partial charge in [0, 0.05) is 11.9 Å². The molecule has 3 N–H and O–H groups in total. The molecule has 1 rings (SSSR count). The lowest BCUT2D eigenvalue weighted by atomic mass is 10.1. The van der Waals surface area contributed by atoms with Crippen LogP contribution in [0, 0.1) is 0 Å². The largest absolute Gasteiger partial charge is 0.325 e. The van der Waals surface area contributed by atoms with Crippen molar-refractivity contribution in [2.45, 2.75) is 30.7 Å². The molecule has 1 aromatic carbocycles. The summed E-state index contributed by atoms with van der Waals surface area (Å²) in [5, 5.41) is 2.61. The van der Waals surface area contributed by atoms with Crippen LogP contribution in [0.3, 0.4) is 0 Å². The van der Waals surface area contributed by atoms with E-state index in [1.165, 1.54) is 12.1 Å². The molecule has 5 nitrogen and oxygen atoms in total. The minimum absolute atomic E-state index is 0.171. The number of amides is 1. The first-order valence-electron chi connectivity index (χ1n) is 5.71. The van der Waals surface area contributed by atoms with Gasteiger partial charge < -0.3 is 11.1 Å². The number of carbonyl (C=O) groups is 1. The van der Waals surface area contributed by atoms with Crippen LogP contribution in [0.2, 0.25) is 0 Å². The van der Waals surface area contributed by atoms with Gasteiger partial charge in [0.25, 0.3) is 0 Å². The summed E-state index contributed by atoms with van der Waals surface area (Å²) in [5.41, 5.74) is 6.11. The Hall–Kier alpha value is -1.40. The summed E-state index contributed by atoms with van der Waals surface area (Å²) in [6.07, 6.45) is 2.53. The molecule has 6 heteroatoms. The molecule has 0 aromatic heterocycles. The van der Waals surface area contributed by atoms with Gasteiger partial charge >= 0.3 is 0 Å². The SMILES string of the molecule is CCC[C@H](N)C(=O)Nc1cccc(S(C)(=O)=O)c1. The smallest absolute Gasteiger partial charge is 0.241 e. The predicted octanol–water partition coefficient (Wildman–Crippen LogP) is 1.16. The monoisotopic (exact) mass is 270 g/mol. The Kier molecular flexibility index (Phi) is 4.86. The van der Waals surface area contributed by atoms with Crippen molar-refractivity contribution in [3.05, 3.63) is 24.3 Å². The van der Waals surface area contributed by atoms with E-state index in [9.17, 15) is 13.2 Å². The number of benzene rings is 1. The zero-order chi connectivity index (χ0) is 13.8. The molecular formula is C12H18N2O3S. The molecule has 0 fully saturated rings. The van der Waals surface area contributed by atoms with Crippen LogP contribution in [0.1, 0.15) is 19.8 Å². The lowest BCUT2D eigenvalue weighted by molar-refractivity contribution is -0.117. The molecule has 0 heterocycles. The van der Waals surface area contributed by atoms with Crippen molar-refractivity contribution in [3.63, 3.8) is 0 Å². The average molecular weight is 270 g/mol. The number of sulfone groups is 1. The first-order chi connectivity index (χ1) is 8.34. The number of hydrogen-bond acceptors (Lipinski definition) is 4. The van der Waals surface area contributed by atoms with Crippen LogP contribution in [0.15, 0.2) is 29.2 Å². The van der Waals surface area contributed by atoms with Crippen LogP contribution in [0.4, 0.5) is 5.69 Å². The van der Waals surface area contributed by atoms with E-state index in [-0.39, 0.29) is 10.8 Å². The maximum atomic E-state index is 11.7. The van der Waals surface area contributed by atoms with E-state index in [1.807, 2.05) is 6.92 Å². The quantitative estimate of drug-likeness (QED) is 0.840. The number of nitrogens with one attached hydrogen (secondary N) is 1. The molecule has 0 bridgehead atoms. The molecule has 0 saturated heterocycles. The molecule has 1 amide bonds. The molecule has 0 aliphatic rings. The summed E-state index contributed by atoms with van der Waals surface area (Å²) < 4.78 is 22.7. The highest BCUT2D eigenvalue weighted by Gasteiger charge is 2.13. The van der Waals surface area contributed by atoms with Gasteiger partial charge in [0.15, 0.2) is 9.84 Å². The molecular weight excluding hydrogens is 252 g/mol. The standard InChI is InChI=1S/C12H18N2O3S/c1-3-5-11(13)12(15)14-9-6-4-7-10(8-9)18(2,16)17/h4,6-8,11H,3,5,13H2,1-2H3,(H,14,15)/t11-/m0/s1. The van der Waals surface area contributed by atoms with Crippen LogP contribution in [0.5, 0.6) is 0 Å². The van der Waals surface area contributed by atoms with Gasteiger partial charge in [-0.05, 0) is 24.6 Å². The first-order valence-corrected chi connectivity index (χ1v) is 7.60. The van der Waals surface area contributed by atoms with Crippen molar-refractivity contribution < 1.29 is 13.2 Å². The van der Waals surface area contributed by atoms with Gasteiger partial charge in [-0.3, -0.25) is 4.79 Å². The molecule has 0 aliphatic heterocycles. The highest BCUT2D eigenvalue weighted by atomic mass is 32.2. The van der Waals surface area contributed by atoms with Gasteiger partial charge in [-0.2, -0.15) is 0 Å². The average Bonchev–Trinajstić information content (AvgIpc) is 2.28. The molecule has 0 unspecified atom stereocenters. The number of carbonyl (C=O) groups excluding carboxylic acids is 1. The summed E-state index contributed by atoms with van der Waals surface area (Å²) in [5.74, 6) is -0.303. The maximum Gasteiger partial charge on any atom is 0.241 e. The summed E-state index contributed by atoms with van der Waals surface area (Å²) in [4.78, 5) is 11.8. The number of rotatable bonds is 5. The summed E-state index contributed by atoms with van der Waals surface area (Å²) in [7, 11) is -3.27. The van der Waals surface area contributed by atoms with Gasteiger partial charge in [0.05, 0.1) is 10.9 Å². The fourth-order valence-electron chi connectivity index (χ4n) is 1.48. The maximum absolute atomic E-state index is 11.7. The summed E-state index contributed by atoms with van der Waals surface area (Å²) >= 11 is 0. The number of nitrogens with two attached hydrogens (primary N) is 1. The fourth-order valence-corrected chi connectivity index (χ4v) is 2.15. The van der Waals surface area contributed by atoms with E-state index < -0.39 is 15.9 Å². The first kappa shape index (κ1) is 14.7. The second-order valence-electron chi connectivity index (χ2n) is 4.18. The van der Waals surface area contributed by atoms with Gasteiger partial charge in [-0.25, -0.2) is 8.42 Å². The van der Waals surface area contributed by atoms with E-state index in [0.717, 1.165) is 12.7 Å². The Balaban J connectivity index is 2.83. The lowest BCUT2D eigenvalue weighted by Crippen LogP contribution is -2.35. The van der Waals surface area contributed by atoms with E-state index in [0.29, 0.717) is 12.1 Å². The van der Waals surface area contributed by atoms with Gasteiger partial charge in [0.1, 0.15) is 0 Å². The van der Waals surface area contributed by atoms with Crippen molar-refractivity contribution in [2.24, 2.45) is 5.73 Å². The minimum atomic E-state index is -3.27. The molecule has 1 aromatic rings. The molecule has 18 heavy (non-hydrogen) atoms. The molecule has 100 valence electrons. The van der Waals surface area contributed by atoms with E-state index in [4.69, 9.17) is 5.73 Å². The van der Waals surface area contributed by atoms with Crippen LogP contribution < -0.4 is 11.1 Å². The van der Waals surface area contributed by atoms with Crippen LogP contribution in [0.25, 0.3) is 0 Å². The molecule has 0 aliphatic carbocycles. The third-order valence-electron chi connectivity index (χ3n) is 2.47. The van der Waals surface area contributed by atoms with Crippen molar-refractivity contribution in [2.75, 3.05) is 11.6 Å². The van der Waals surface area contributed by atoms with Crippen LogP contribution in [-0.4, -0.2) is 26.6 Å². The van der Waals surface area contributed by atoms with Crippen molar-refractivity contribution in [1.82, 2.24) is 0 Å². The summed E-state index contributed by atoms with van der Waals surface area (Å²) in [6.45, 7) is 1.94. The Morgan fingerprint density at radius 1 is 1.44 bits per heavy atom. The third kappa shape index (κ3) is 4.12. The lowest BCUT2D eigenvalue weighted by Gasteiger charge is -2.11. The minimum Gasteiger partial charge on any atom is -0.325 e. The van der Waals surface area contributed by atoms with Gasteiger partial charge in [-0.15, -0.1) is 0 Å². The second-order valence-corrected chi connectivity index (χ2v) is 6.20. The van der Waals surface area contributed by atoms with E-state index >= 15 is 0 Å². The zero-order valence-corrected chi connectivity index (χ0v) is 11.3. The summed E-state index contributed by atoms with van der Waals surface area (Å²) in [6, 6.07) is 5.54. The van der Waals surface area contributed by atoms with Crippen LogP contribution >= 0.6 is 0 Å². The Morgan fingerprint density at radius 2 is 2.11 bits per heavy atom. The van der Waals surface area contributed by atoms with Gasteiger partial charge in [-0.1, -0.05) is 19.4 Å². The highest BCUT2D eigenvalue weighted by molar-refractivity contribution is 7.90. The molecule has 0 radical (unpaired) electrons. The number of hydrogen-bond donors (Lipinski definition) is 2. The van der Waals surface area contributed by atoms with Crippen LogP contribution in [-0.2, 0) is 14.6 Å². The van der Waals surface area contributed by atoms with Crippen molar-refractivity contribution in [3.8, 4) is 0 Å². The van der Waals surface area contributed by atoms with E-state index in [2.05, 4.69) is 5.32 Å². The highest BCUT2D eigenvalue weighted by Crippen LogP contribution is 2.15. The zero-order valence-electron chi connectivity index (χ0n) is 10.5. The molecule has 0 saturated carbocycles. The van der Waals surface area contributed by atoms with Crippen molar-refractivity contribution in [1.29, 1.82) is 0 Å². The predicted molar refractivity (Wildman–Crippen MR) is 71.1 cm³/mol. The topological polar surface area (TPSA) is 89.3 Å². The van der Waals surface area contributed by atoms with Crippen molar-refractivity contribution >= 4 is 21.4 Å².